The first-order valence-electron chi connectivity index (χ1n) is 10.7. The smallest absolute Gasteiger partial charge is 0.264 e. The van der Waals surface area contributed by atoms with Crippen molar-refractivity contribution in [1.29, 1.82) is 5.26 Å². The zero-order valence-electron chi connectivity index (χ0n) is 18.5. The highest BCUT2D eigenvalue weighted by molar-refractivity contribution is 7.92. The maximum atomic E-state index is 13.4. The van der Waals surface area contributed by atoms with Gasteiger partial charge in [-0.15, -0.1) is 0 Å². The average Bonchev–Trinajstić information content (AvgIpc) is 3.44. The van der Waals surface area contributed by atoms with Crippen LogP contribution >= 0.6 is 0 Å². The number of benzene rings is 2. The average molecular weight is 481 g/mol. The van der Waals surface area contributed by atoms with Crippen LogP contribution in [0, 0.1) is 11.3 Å². The lowest BCUT2D eigenvalue weighted by Crippen LogP contribution is -2.30. The van der Waals surface area contributed by atoms with Crippen molar-refractivity contribution >= 4 is 27.4 Å². The van der Waals surface area contributed by atoms with Crippen molar-refractivity contribution in [2.24, 2.45) is 0 Å². The molecule has 0 fully saturated rings. The molecule has 10 nitrogen and oxygen atoms in total. The molecule has 176 valence electrons. The van der Waals surface area contributed by atoms with Crippen molar-refractivity contribution in [3.8, 4) is 11.8 Å². The molecule has 0 atom stereocenters. The Morgan fingerprint density at radius 1 is 1.32 bits per heavy atom. The number of nitriles is 1. The number of hydrogen-bond donors (Lipinski definition) is 3. The number of nitrogens with zero attached hydrogens (tertiary/aromatic N) is 3. The van der Waals surface area contributed by atoms with Gasteiger partial charge < -0.3 is 15.8 Å². The third kappa shape index (κ3) is 4.27. The van der Waals surface area contributed by atoms with Gasteiger partial charge >= 0.3 is 0 Å². The molecule has 34 heavy (non-hydrogen) atoms. The molecular weight excluding hydrogens is 456 g/mol. The number of rotatable bonds is 8. The number of methoxy groups -OCH3 is 1. The molecule has 11 heteroatoms. The molecule has 0 aliphatic carbocycles. The SMILES string of the molecule is COc1ccc(S(=O)(=O)N2CCc3ccccc32)cc1C(=O)NCCCc1[nH]nc(N)c1C#N. The number of hydrogen-bond acceptors (Lipinski definition) is 7. The maximum absolute atomic E-state index is 13.4. The highest BCUT2D eigenvalue weighted by Gasteiger charge is 2.31. The second-order valence-corrected chi connectivity index (χ2v) is 9.61. The summed E-state index contributed by atoms with van der Waals surface area (Å²) in [5.74, 6) is -0.0448. The number of para-hydroxylation sites is 1. The molecule has 1 aliphatic rings. The molecule has 0 radical (unpaired) electrons. The molecule has 0 saturated carbocycles. The second kappa shape index (κ2) is 9.44. The van der Waals surface area contributed by atoms with Crippen LogP contribution in [0.1, 0.15) is 33.6 Å². The molecular formula is C23H24N6O4S. The van der Waals surface area contributed by atoms with Crippen LogP contribution in [0.25, 0.3) is 0 Å². The number of fused-ring (bicyclic) bond motifs is 1. The molecule has 4 rings (SSSR count). The minimum atomic E-state index is -3.86. The van der Waals surface area contributed by atoms with Gasteiger partial charge in [0.1, 0.15) is 17.4 Å². The third-order valence-corrected chi connectivity index (χ3v) is 7.53. The van der Waals surface area contributed by atoms with Gasteiger partial charge in [-0.25, -0.2) is 8.42 Å². The number of carbonyl (C=O) groups is 1. The van der Waals surface area contributed by atoms with Gasteiger partial charge in [-0.1, -0.05) is 18.2 Å². The monoisotopic (exact) mass is 480 g/mol. The normalized spacial score (nSPS) is 12.8. The first kappa shape index (κ1) is 23.1. The van der Waals surface area contributed by atoms with Crippen LogP contribution in [0.5, 0.6) is 5.75 Å². The molecule has 1 aliphatic heterocycles. The van der Waals surface area contributed by atoms with Crippen molar-refractivity contribution in [3.63, 3.8) is 0 Å². The standard InChI is InChI=1S/C23H24N6O4S/c1-33-21-9-8-16(34(31,32)29-12-10-15-5-2-3-7-20(15)29)13-17(21)23(30)26-11-4-6-19-18(14-24)22(25)28-27-19/h2-3,5,7-9,13H,4,6,10-12H2,1H3,(H,26,30)(H3,25,27,28). The van der Waals surface area contributed by atoms with E-state index < -0.39 is 15.9 Å². The van der Waals surface area contributed by atoms with Crippen LogP contribution < -0.4 is 20.1 Å². The molecule has 0 unspecified atom stereocenters. The van der Waals surface area contributed by atoms with Gasteiger partial charge in [0.25, 0.3) is 15.9 Å². The van der Waals surface area contributed by atoms with Crippen molar-refractivity contribution in [3.05, 3.63) is 64.8 Å². The van der Waals surface area contributed by atoms with E-state index in [1.807, 2.05) is 18.2 Å². The summed E-state index contributed by atoms with van der Waals surface area (Å²) in [6, 6.07) is 13.6. The van der Waals surface area contributed by atoms with Gasteiger partial charge in [-0.3, -0.25) is 14.2 Å². The molecule has 0 saturated heterocycles. The van der Waals surface area contributed by atoms with Crippen molar-refractivity contribution in [2.75, 3.05) is 30.2 Å². The Labute approximate surface area is 197 Å². The van der Waals surface area contributed by atoms with E-state index in [0.717, 1.165) is 5.56 Å². The minimum Gasteiger partial charge on any atom is -0.496 e. The Kier molecular flexibility index (Phi) is 6.43. The summed E-state index contributed by atoms with van der Waals surface area (Å²) in [5, 5.41) is 18.4. The zero-order chi connectivity index (χ0) is 24.3. The summed E-state index contributed by atoms with van der Waals surface area (Å²) in [4.78, 5) is 12.9. The van der Waals surface area contributed by atoms with E-state index >= 15 is 0 Å². The van der Waals surface area contributed by atoms with Crippen molar-refractivity contribution < 1.29 is 17.9 Å². The number of amides is 1. The number of nitrogens with one attached hydrogen (secondary N) is 2. The first-order valence-corrected chi connectivity index (χ1v) is 12.1. The molecule has 4 N–H and O–H groups in total. The number of anilines is 2. The third-order valence-electron chi connectivity index (χ3n) is 5.72. The highest BCUT2D eigenvalue weighted by atomic mass is 32.2. The fourth-order valence-corrected chi connectivity index (χ4v) is 5.50. The Balaban J connectivity index is 1.49. The zero-order valence-corrected chi connectivity index (χ0v) is 19.4. The number of ether oxygens (including phenoxy) is 1. The number of aromatic nitrogens is 2. The predicted octanol–water partition coefficient (Wildman–Crippen LogP) is 1.99. The number of H-pyrrole nitrogens is 1. The van der Waals surface area contributed by atoms with E-state index in [-0.39, 0.29) is 22.0 Å². The Hall–Kier alpha value is -4.04. The largest absolute Gasteiger partial charge is 0.496 e. The summed E-state index contributed by atoms with van der Waals surface area (Å²) in [6.45, 7) is 0.639. The van der Waals surface area contributed by atoms with Crippen LogP contribution in [0.3, 0.4) is 0 Å². The number of sulfonamides is 1. The number of nitrogen functional groups attached to an aromatic ring is 1. The Morgan fingerprint density at radius 2 is 2.12 bits per heavy atom. The van der Waals surface area contributed by atoms with E-state index in [1.165, 1.54) is 29.6 Å². The van der Waals surface area contributed by atoms with Crippen LogP contribution in [0.15, 0.2) is 47.4 Å². The quantitative estimate of drug-likeness (QED) is 0.417. The second-order valence-electron chi connectivity index (χ2n) is 7.75. The Morgan fingerprint density at radius 3 is 2.88 bits per heavy atom. The topological polar surface area (TPSA) is 154 Å². The molecule has 3 aromatic rings. The van der Waals surface area contributed by atoms with E-state index in [2.05, 4.69) is 15.5 Å². The molecule has 0 spiro atoms. The van der Waals surface area contributed by atoms with Gasteiger partial charge in [0, 0.05) is 13.1 Å². The summed E-state index contributed by atoms with van der Waals surface area (Å²) >= 11 is 0. The van der Waals surface area contributed by atoms with E-state index in [9.17, 15) is 13.2 Å². The van der Waals surface area contributed by atoms with Crippen LogP contribution in [-0.2, 0) is 22.9 Å². The molecule has 1 amide bonds. The summed E-state index contributed by atoms with van der Waals surface area (Å²) < 4.78 is 33.4. The van der Waals surface area contributed by atoms with E-state index in [1.54, 1.807) is 12.1 Å². The van der Waals surface area contributed by atoms with Gasteiger partial charge in [-0.05, 0) is 49.1 Å². The number of carbonyl (C=O) groups excluding carboxylic acids is 1. The van der Waals surface area contributed by atoms with Gasteiger partial charge in [-0.2, -0.15) is 10.4 Å². The molecule has 1 aromatic heterocycles. The molecule has 0 bridgehead atoms. The van der Waals surface area contributed by atoms with Crippen LogP contribution in [0.4, 0.5) is 11.5 Å². The number of aryl methyl sites for hydroxylation is 1. The van der Waals surface area contributed by atoms with E-state index in [4.69, 9.17) is 15.7 Å². The Bertz CT molecular complexity index is 1380. The predicted molar refractivity (Wildman–Crippen MR) is 126 cm³/mol. The fraction of sp³-hybridized carbons (Fsp3) is 0.261. The van der Waals surface area contributed by atoms with Gasteiger partial charge in [0.15, 0.2) is 5.82 Å². The van der Waals surface area contributed by atoms with Crippen molar-refractivity contribution in [2.45, 2.75) is 24.2 Å². The molecule has 2 aromatic carbocycles. The van der Waals surface area contributed by atoms with Gasteiger partial charge in [0.05, 0.1) is 29.0 Å². The van der Waals surface area contributed by atoms with Crippen LogP contribution in [-0.4, -0.2) is 44.7 Å². The number of nitrogens with two attached hydrogens (primary N) is 1. The summed E-state index contributed by atoms with van der Waals surface area (Å²) in [7, 11) is -2.44. The lowest BCUT2D eigenvalue weighted by Gasteiger charge is -2.20. The first-order chi connectivity index (χ1) is 16.4. The van der Waals surface area contributed by atoms with Crippen molar-refractivity contribution in [1.82, 2.24) is 15.5 Å². The van der Waals surface area contributed by atoms with E-state index in [0.29, 0.717) is 49.3 Å². The highest BCUT2D eigenvalue weighted by Crippen LogP contribution is 2.33. The molecule has 2 heterocycles. The lowest BCUT2D eigenvalue weighted by atomic mass is 10.1. The minimum absolute atomic E-state index is 0.0155. The number of aromatic amines is 1. The van der Waals surface area contributed by atoms with Gasteiger partial charge in [0.2, 0.25) is 0 Å². The fourth-order valence-electron chi connectivity index (χ4n) is 3.97. The van der Waals surface area contributed by atoms with Crippen LogP contribution in [0.2, 0.25) is 0 Å². The summed E-state index contributed by atoms with van der Waals surface area (Å²) in [5.41, 5.74) is 8.28. The maximum Gasteiger partial charge on any atom is 0.264 e. The summed E-state index contributed by atoms with van der Waals surface area (Å²) in [6.07, 6.45) is 1.62. The lowest BCUT2D eigenvalue weighted by molar-refractivity contribution is 0.0950.